The molecule has 0 bridgehead atoms. The minimum absolute atomic E-state index is 0.0996. The van der Waals surface area contributed by atoms with Gasteiger partial charge in [-0.1, -0.05) is 13.8 Å². The molecule has 180 valence electrons. The summed E-state index contributed by atoms with van der Waals surface area (Å²) in [5.41, 5.74) is 1.74. The van der Waals surface area contributed by atoms with Crippen molar-refractivity contribution in [3.63, 3.8) is 0 Å². The predicted molar refractivity (Wildman–Crippen MR) is 135 cm³/mol. The first-order valence-corrected chi connectivity index (χ1v) is 12.4. The van der Waals surface area contributed by atoms with Gasteiger partial charge in [0.25, 0.3) is 0 Å². The van der Waals surface area contributed by atoms with E-state index < -0.39 is 0 Å². The predicted octanol–water partition coefficient (Wildman–Crippen LogP) is 3.90. The molecule has 1 amide bonds. The Kier molecular flexibility index (Phi) is 7.96. The van der Waals surface area contributed by atoms with Crippen molar-refractivity contribution in [2.75, 3.05) is 42.1 Å². The molecule has 1 fully saturated rings. The van der Waals surface area contributed by atoms with Gasteiger partial charge in [-0.05, 0) is 68.9 Å². The molecule has 1 aromatic carbocycles. The zero-order valence-corrected chi connectivity index (χ0v) is 20.6. The first kappa shape index (κ1) is 24.0. The highest BCUT2D eigenvalue weighted by Crippen LogP contribution is 2.31. The molecule has 1 saturated carbocycles. The zero-order valence-electron chi connectivity index (χ0n) is 19.8. The van der Waals surface area contributed by atoms with Crippen molar-refractivity contribution >= 4 is 41.1 Å². The third-order valence-electron chi connectivity index (χ3n) is 5.45. The second kappa shape index (κ2) is 11.3. The SMILES string of the molecule is CCN(CC)CCNc1nc(Nc2cc(C)[nH]n2)nc(Sc2ccc(NC(=O)C3CC3)cc2)n1. The van der Waals surface area contributed by atoms with Crippen LogP contribution in [0.3, 0.4) is 0 Å². The summed E-state index contributed by atoms with van der Waals surface area (Å²) in [4.78, 5) is 29.0. The summed E-state index contributed by atoms with van der Waals surface area (Å²) >= 11 is 1.43. The molecule has 3 aromatic rings. The van der Waals surface area contributed by atoms with Crippen LogP contribution >= 0.6 is 11.8 Å². The first-order valence-electron chi connectivity index (χ1n) is 11.6. The van der Waals surface area contributed by atoms with Gasteiger partial charge in [0, 0.05) is 41.4 Å². The van der Waals surface area contributed by atoms with Gasteiger partial charge in [-0.2, -0.15) is 20.1 Å². The molecule has 2 heterocycles. The molecule has 0 radical (unpaired) electrons. The van der Waals surface area contributed by atoms with E-state index in [0.717, 1.165) is 55.3 Å². The number of likely N-dealkylation sites (N-methyl/N-ethyl adjacent to an activating group) is 1. The van der Waals surface area contributed by atoms with Crippen LogP contribution in [0.15, 0.2) is 40.4 Å². The fraction of sp³-hybridized carbons (Fsp3) is 0.435. The Morgan fingerprint density at radius 2 is 1.85 bits per heavy atom. The highest BCUT2D eigenvalue weighted by Gasteiger charge is 2.29. The van der Waals surface area contributed by atoms with E-state index in [1.807, 2.05) is 37.3 Å². The Morgan fingerprint density at radius 3 is 2.50 bits per heavy atom. The van der Waals surface area contributed by atoms with Gasteiger partial charge in [0.05, 0.1) is 0 Å². The fourth-order valence-corrected chi connectivity index (χ4v) is 4.05. The zero-order chi connectivity index (χ0) is 23.9. The number of rotatable bonds is 12. The number of nitrogens with one attached hydrogen (secondary N) is 4. The van der Waals surface area contributed by atoms with Gasteiger partial charge in [0.15, 0.2) is 11.0 Å². The molecule has 1 aliphatic carbocycles. The number of carbonyl (C=O) groups is 1. The Balaban J connectivity index is 1.46. The Bertz CT molecular complexity index is 1090. The van der Waals surface area contributed by atoms with Gasteiger partial charge in [-0.3, -0.25) is 9.89 Å². The van der Waals surface area contributed by atoms with Crippen LogP contribution in [0.5, 0.6) is 0 Å². The number of nitrogens with zero attached hydrogens (tertiary/aromatic N) is 5. The van der Waals surface area contributed by atoms with Crippen molar-refractivity contribution < 1.29 is 4.79 Å². The van der Waals surface area contributed by atoms with Gasteiger partial charge in [0.2, 0.25) is 17.8 Å². The maximum Gasteiger partial charge on any atom is 0.234 e. The van der Waals surface area contributed by atoms with Crippen LogP contribution < -0.4 is 16.0 Å². The lowest BCUT2D eigenvalue weighted by Crippen LogP contribution is -2.29. The largest absolute Gasteiger partial charge is 0.353 e. The summed E-state index contributed by atoms with van der Waals surface area (Å²) in [6.45, 7) is 9.86. The minimum atomic E-state index is 0.0996. The molecular formula is C23H31N9OS. The summed E-state index contributed by atoms with van der Waals surface area (Å²) < 4.78 is 0. The van der Waals surface area contributed by atoms with Crippen LogP contribution in [0.25, 0.3) is 0 Å². The molecule has 10 nitrogen and oxygen atoms in total. The number of H-pyrrole nitrogens is 1. The maximum absolute atomic E-state index is 12.0. The standard InChI is InChI=1S/C23H31N9OS/c1-4-32(5-2)13-12-24-21-27-22(26-19-14-15(3)30-31-19)29-23(28-21)34-18-10-8-17(9-11-18)25-20(33)16-6-7-16/h8-11,14,16H,4-7,12-13H2,1-3H3,(H,25,33)(H3,24,26,27,28,29,30,31). The first-order chi connectivity index (χ1) is 16.5. The van der Waals surface area contributed by atoms with Crippen LogP contribution in [-0.4, -0.2) is 62.1 Å². The highest BCUT2D eigenvalue weighted by molar-refractivity contribution is 7.99. The molecule has 0 unspecified atom stereocenters. The van der Waals surface area contributed by atoms with Gasteiger partial charge in [0.1, 0.15) is 0 Å². The average molecular weight is 482 g/mol. The molecule has 4 N–H and O–H groups in total. The van der Waals surface area contributed by atoms with Crippen LogP contribution in [0, 0.1) is 12.8 Å². The average Bonchev–Trinajstić information content (AvgIpc) is 3.60. The summed E-state index contributed by atoms with van der Waals surface area (Å²) in [6, 6.07) is 9.60. The quantitative estimate of drug-likeness (QED) is 0.305. The summed E-state index contributed by atoms with van der Waals surface area (Å²) in [5, 5.41) is 17.1. The monoisotopic (exact) mass is 481 g/mol. The number of amides is 1. The van der Waals surface area contributed by atoms with Crippen LogP contribution in [0.1, 0.15) is 32.4 Å². The van der Waals surface area contributed by atoms with Crippen LogP contribution in [0.4, 0.5) is 23.4 Å². The smallest absolute Gasteiger partial charge is 0.234 e. The molecule has 0 saturated heterocycles. The van der Waals surface area contributed by atoms with Crippen molar-refractivity contribution in [1.29, 1.82) is 0 Å². The van der Waals surface area contributed by atoms with E-state index in [1.165, 1.54) is 11.8 Å². The summed E-state index contributed by atoms with van der Waals surface area (Å²) in [5.74, 6) is 1.85. The van der Waals surface area contributed by atoms with E-state index >= 15 is 0 Å². The number of benzene rings is 1. The number of aryl methyl sites for hydroxylation is 1. The van der Waals surface area contributed by atoms with Crippen molar-refractivity contribution in [3.05, 3.63) is 36.0 Å². The molecule has 34 heavy (non-hydrogen) atoms. The Labute approximate surface area is 203 Å². The van der Waals surface area contributed by atoms with E-state index in [9.17, 15) is 4.79 Å². The van der Waals surface area contributed by atoms with Gasteiger partial charge in [-0.15, -0.1) is 0 Å². The highest BCUT2D eigenvalue weighted by atomic mass is 32.2. The van der Waals surface area contributed by atoms with Crippen molar-refractivity contribution in [2.24, 2.45) is 5.92 Å². The molecule has 4 rings (SSSR count). The molecule has 0 atom stereocenters. The summed E-state index contributed by atoms with van der Waals surface area (Å²) in [6.07, 6.45) is 1.97. The molecule has 0 spiro atoms. The van der Waals surface area contributed by atoms with Crippen LogP contribution in [0.2, 0.25) is 0 Å². The second-order valence-electron chi connectivity index (χ2n) is 8.17. The van der Waals surface area contributed by atoms with Crippen molar-refractivity contribution in [3.8, 4) is 0 Å². The third-order valence-corrected chi connectivity index (χ3v) is 6.32. The normalized spacial score (nSPS) is 13.2. The summed E-state index contributed by atoms with van der Waals surface area (Å²) in [7, 11) is 0. The number of anilines is 4. The van der Waals surface area contributed by atoms with E-state index in [0.29, 0.717) is 22.9 Å². The van der Waals surface area contributed by atoms with Gasteiger partial charge < -0.3 is 20.9 Å². The second-order valence-corrected chi connectivity index (χ2v) is 9.21. The van der Waals surface area contributed by atoms with Crippen LogP contribution in [-0.2, 0) is 4.79 Å². The molecule has 0 aliphatic heterocycles. The molecule has 2 aromatic heterocycles. The lowest BCUT2D eigenvalue weighted by atomic mass is 10.3. The van der Waals surface area contributed by atoms with Gasteiger partial charge >= 0.3 is 0 Å². The van der Waals surface area contributed by atoms with E-state index in [-0.39, 0.29) is 11.8 Å². The lowest BCUT2D eigenvalue weighted by Gasteiger charge is -2.18. The van der Waals surface area contributed by atoms with Crippen molar-refractivity contribution in [1.82, 2.24) is 30.0 Å². The number of hydrogen-bond donors (Lipinski definition) is 4. The molecule has 1 aliphatic rings. The van der Waals surface area contributed by atoms with Crippen molar-refractivity contribution in [2.45, 2.75) is 43.7 Å². The fourth-order valence-electron chi connectivity index (χ4n) is 3.30. The van der Waals surface area contributed by atoms with Gasteiger partial charge in [-0.25, -0.2) is 0 Å². The molecular weight excluding hydrogens is 450 g/mol. The number of hydrogen-bond acceptors (Lipinski definition) is 9. The maximum atomic E-state index is 12.0. The molecule has 11 heteroatoms. The lowest BCUT2D eigenvalue weighted by molar-refractivity contribution is -0.117. The number of carbonyl (C=O) groups excluding carboxylic acids is 1. The number of aromatic amines is 1. The van der Waals surface area contributed by atoms with E-state index in [2.05, 4.69) is 59.8 Å². The topological polar surface area (TPSA) is 124 Å². The third kappa shape index (κ3) is 6.91. The van der Waals surface area contributed by atoms with E-state index in [4.69, 9.17) is 0 Å². The Morgan fingerprint density at radius 1 is 1.12 bits per heavy atom. The Hall–Kier alpha value is -3.18. The minimum Gasteiger partial charge on any atom is -0.353 e. The van der Waals surface area contributed by atoms with E-state index in [1.54, 1.807) is 0 Å². The number of aromatic nitrogens is 5.